The standard InChI is InChI=1S/C28H24O3/c1-30-17-28(18-31-2)26-22(20-11-7-4-8-12-20)14-15-23-21(19-9-5-3-6-10-19)13-16-24(25(23)26)27(28)29/h3-16H,17-18H2,1-2H3. The van der Waals surface area contributed by atoms with Crippen LogP contribution in [0.1, 0.15) is 15.9 Å². The lowest BCUT2D eigenvalue weighted by Crippen LogP contribution is -2.41. The van der Waals surface area contributed by atoms with Gasteiger partial charge in [0.15, 0.2) is 5.78 Å². The van der Waals surface area contributed by atoms with Crippen LogP contribution in [-0.2, 0) is 14.9 Å². The number of benzene rings is 4. The van der Waals surface area contributed by atoms with E-state index in [-0.39, 0.29) is 19.0 Å². The van der Waals surface area contributed by atoms with Crippen LogP contribution in [0.2, 0.25) is 0 Å². The van der Waals surface area contributed by atoms with Crippen molar-refractivity contribution >= 4 is 16.6 Å². The first-order chi connectivity index (χ1) is 15.2. The lowest BCUT2D eigenvalue weighted by molar-refractivity contribution is 0.0484. The third kappa shape index (κ3) is 2.93. The van der Waals surface area contributed by atoms with Crippen LogP contribution in [-0.4, -0.2) is 33.2 Å². The Hall–Kier alpha value is -3.27. The number of ether oxygens (including phenoxy) is 2. The number of Topliss-reactive ketones (excluding diaryl/α,β-unsaturated/α-hetero) is 1. The summed E-state index contributed by atoms with van der Waals surface area (Å²) in [5.74, 6) is 0.0687. The Morgan fingerprint density at radius 1 is 0.645 bits per heavy atom. The monoisotopic (exact) mass is 408 g/mol. The summed E-state index contributed by atoms with van der Waals surface area (Å²) in [5, 5.41) is 2.10. The Morgan fingerprint density at radius 2 is 1.16 bits per heavy atom. The molecule has 0 spiro atoms. The summed E-state index contributed by atoms with van der Waals surface area (Å²) in [6, 6.07) is 28.9. The molecular formula is C28H24O3. The van der Waals surface area contributed by atoms with Crippen LogP contribution in [0.15, 0.2) is 84.9 Å². The highest BCUT2D eigenvalue weighted by Gasteiger charge is 2.49. The molecule has 3 nitrogen and oxygen atoms in total. The van der Waals surface area contributed by atoms with E-state index in [1.54, 1.807) is 14.2 Å². The molecule has 0 amide bonds. The SMILES string of the molecule is COCC1(COC)C(=O)c2ccc(-c3ccccc3)c3ccc(-c4ccccc4)c1c23. The minimum absolute atomic E-state index is 0.0687. The number of ketones is 1. The molecule has 4 aromatic rings. The second kappa shape index (κ2) is 7.77. The van der Waals surface area contributed by atoms with E-state index in [0.29, 0.717) is 0 Å². The predicted octanol–water partition coefficient (Wildman–Crippen LogP) is 5.90. The van der Waals surface area contributed by atoms with Crippen molar-refractivity contribution in [2.24, 2.45) is 0 Å². The van der Waals surface area contributed by atoms with Crippen molar-refractivity contribution in [1.29, 1.82) is 0 Å². The van der Waals surface area contributed by atoms with Gasteiger partial charge in [0.2, 0.25) is 0 Å². The van der Waals surface area contributed by atoms with Crippen molar-refractivity contribution in [1.82, 2.24) is 0 Å². The van der Waals surface area contributed by atoms with Crippen molar-refractivity contribution in [2.75, 3.05) is 27.4 Å². The Morgan fingerprint density at radius 3 is 1.74 bits per heavy atom. The van der Waals surface area contributed by atoms with Crippen molar-refractivity contribution in [2.45, 2.75) is 5.41 Å². The molecule has 1 aliphatic carbocycles. The molecule has 1 aliphatic rings. The maximum Gasteiger partial charge on any atom is 0.178 e. The lowest BCUT2D eigenvalue weighted by Gasteiger charge is -2.29. The second-order valence-corrected chi connectivity index (χ2v) is 8.08. The zero-order valence-electron chi connectivity index (χ0n) is 17.7. The van der Waals surface area contributed by atoms with Gasteiger partial charge in [0, 0.05) is 19.8 Å². The second-order valence-electron chi connectivity index (χ2n) is 8.08. The van der Waals surface area contributed by atoms with Gasteiger partial charge < -0.3 is 9.47 Å². The fourth-order valence-electron chi connectivity index (χ4n) is 5.04. The van der Waals surface area contributed by atoms with Gasteiger partial charge in [0.1, 0.15) is 5.41 Å². The molecule has 0 atom stereocenters. The van der Waals surface area contributed by atoms with Crippen molar-refractivity contribution in [3.05, 3.63) is 96.1 Å². The Labute approximate surface area is 182 Å². The van der Waals surface area contributed by atoms with E-state index < -0.39 is 5.41 Å². The summed E-state index contributed by atoms with van der Waals surface area (Å²) in [6.45, 7) is 0.544. The number of rotatable bonds is 6. The summed E-state index contributed by atoms with van der Waals surface area (Å²) < 4.78 is 11.2. The maximum atomic E-state index is 13.9. The molecule has 0 heterocycles. The van der Waals surface area contributed by atoms with Gasteiger partial charge >= 0.3 is 0 Å². The third-order valence-electron chi connectivity index (χ3n) is 6.29. The largest absolute Gasteiger partial charge is 0.383 e. The molecule has 0 bridgehead atoms. The molecule has 154 valence electrons. The van der Waals surface area contributed by atoms with Crippen molar-refractivity contribution < 1.29 is 14.3 Å². The molecule has 5 rings (SSSR count). The topological polar surface area (TPSA) is 35.5 Å². The van der Waals surface area contributed by atoms with E-state index >= 15 is 0 Å². The summed E-state index contributed by atoms with van der Waals surface area (Å²) in [5.41, 5.74) is 5.29. The first kappa shape index (κ1) is 19.7. The van der Waals surface area contributed by atoms with Crippen LogP contribution in [0.5, 0.6) is 0 Å². The molecule has 31 heavy (non-hydrogen) atoms. The summed E-state index contributed by atoms with van der Waals surface area (Å²) in [4.78, 5) is 13.9. The van der Waals surface area contributed by atoms with Gasteiger partial charge in [-0.05, 0) is 38.6 Å². The zero-order chi connectivity index (χ0) is 21.4. The molecule has 0 aliphatic heterocycles. The van der Waals surface area contributed by atoms with E-state index in [0.717, 1.165) is 44.2 Å². The number of methoxy groups -OCH3 is 2. The minimum Gasteiger partial charge on any atom is -0.383 e. The molecule has 0 saturated heterocycles. The molecule has 0 saturated carbocycles. The van der Waals surface area contributed by atoms with Gasteiger partial charge in [0.25, 0.3) is 0 Å². The quantitative estimate of drug-likeness (QED) is 0.398. The Balaban J connectivity index is 1.90. The highest BCUT2D eigenvalue weighted by molar-refractivity contribution is 6.24. The maximum absolute atomic E-state index is 13.9. The molecule has 0 radical (unpaired) electrons. The smallest absolute Gasteiger partial charge is 0.178 e. The van der Waals surface area contributed by atoms with Gasteiger partial charge in [-0.1, -0.05) is 84.9 Å². The summed E-state index contributed by atoms with van der Waals surface area (Å²) in [6.07, 6.45) is 0. The van der Waals surface area contributed by atoms with Crippen LogP contribution < -0.4 is 0 Å². The normalized spacial score (nSPS) is 14.3. The molecular weight excluding hydrogens is 384 g/mol. The van der Waals surface area contributed by atoms with E-state index in [1.807, 2.05) is 42.5 Å². The van der Waals surface area contributed by atoms with Crippen LogP contribution in [0.4, 0.5) is 0 Å². The van der Waals surface area contributed by atoms with Gasteiger partial charge in [-0.25, -0.2) is 0 Å². The van der Waals surface area contributed by atoms with Crippen LogP contribution in [0.3, 0.4) is 0 Å². The van der Waals surface area contributed by atoms with Crippen LogP contribution in [0, 0.1) is 0 Å². The van der Waals surface area contributed by atoms with Gasteiger partial charge in [-0.3, -0.25) is 4.79 Å². The summed E-state index contributed by atoms with van der Waals surface area (Å²) in [7, 11) is 3.29. The fourth-order valence-corrected chi connectivity index (χ4v) is 5.04. The van der Waals surface area contributed by atoms with Gasteiger partial charge in [-0.2, -0.15) is 0 Å². The first-order valence-corrected chi connectivity index (χ1v) is 10.4. The number of carbonyl (C=O) groups excluding carboxylic acids is 1. The highest BCUT2D eigenvalue weighted by atomic mass is 16.5. The van der Waals surface area contributed by atoms with Gasteiger partial charge in [0.05, 0.1) is 13.2 Å². The summed E-state index contributed by atoms with van der Waals surface area (Å²) >= 11 is 0. The zero-order valence-corrected chi connectivity index (χ0v) is 17.7. The van der Waals surface area contributed by atoms with Crippen LogP contribution >= 0.6 is 0 Å². The molecule has 0 aromatic heterocycles. The van der Waals surface area contributed by atoms with Crippen LogP contribution in [0.25, 0.3) is 33.0 Å². The highest BCUT2D eigenvalue weighted by Crippen LogP contribution is 2.49. The van der Waals surface area contributed by atoms with Gasteiger partial charge in [-0.15, -0.1) is 0 Å². The van der Waals surface area contributed by atoms with E-state index in [4.69, 9.17) is 9.47 Å². The average Bonchev–Trinajstić information content (AvgIpc) is 3.06. The van der Waals surface area contributed by atoms with E-state index in [1.165, 1.54) is 0 Å². The molecule has 0 N–H and O–H groups in total. The molecule has 3 heteroatoms. The van der Waals surface area contributed by atoms with Crippen molar-refractivity contribution in [3.63, 3.8) is 0 Å². The number of carbonyl (C=O) groups is 1. The molecule has 0 unspecified atom stereocenters. The Kier molecular flexibility index (Phi) is 4.93. The Bertz CT molecular complexity index is 1250. The molecule has 4 aromatic carbocycles. The predicted molar refractivity (Wildman–Crippen MR) is 125 cm³/mol. The fraction of sp³-hybridized carbons (Fsp3) is 0.179. The number of hydrogen-bond acceptors (Lipinski definition) is 3. The van der Waals surface area contributed by atoms with E-state index in [2.05, 4.69) is 42.5 Å². The first-order valence-electron chi connectivity index (χ1n) is 10.4. The number of hydrogen-bond donors (Lipinski definition) is 0. The third-order valence-corrected chi connectivity index (χ3v) is 6.29. The van der Waals surface area contributed by atoms with Crippen molar-refractivity contribution in [3.8, 4) is 22.3 Å². The van der Waals surface area contributed by atoms with E-state index in [9.17, 15) is 4.79 Å². The minimum atomic E-state index is -0.869. The average molecular weight is 408 g/mol. The molecule has 0 fully saturated rings. The lowest BCUT2D eigenvalue weighted by atomic mass is 9.77.